The van der Waals surface area contributed by atoms with E-state index in [4.69, 9.17) is 14.4 Å². The molecular formula is C21H22N6OS. The maximum absolute atomic E-state index is 5.78. The summed E-state index contributed by atoms with van der Waals surface area (Å²) < 4.78 is 9.86. The lowest BCUT2D eigenvalue weighted by atomic mass is 10.2. The Morgan fingerprint density at radius 2 is 1.97 bits per heavy atom. The summed E-state index contributed by atoms with van der Waals surface area (Å²) in [7, 11) is 0. The highest BCUT2D eigenvalue weighted by Crippen LogP contribution is 2.29. The smallest absolute Gasteiger partial charge is 0.257 e. The van der Waals surface area contributed by atoms with E-state index in [-0.39, 0.29) is 0 Å². The fraction of sp³-hybridized carbons (Fsp3) is 0.333. The van der Waals surface area contributed by atoms with Crippen LogP contribution in [-0.2, 0) is 12.3 Å². The number of benzene rings is 1. The normalized spacial score (nSPS) is 12.0. The number of oxazole rings is 1. The van der Waals surface area contributed by atoms with E-state index in [1.54, 1.807) is 10.8 Å². The van der Waals surface area contributed by atoms with E-state index in [2.05, 4.69) is 35.4 Å². The SMILES string of the molecule is CCCCn1c(C)c(C)c2c1ncn1nc(CSc3nc4ccccc4o3)nc21. The third-order valence-electron chi connectivity index (χ3n) is 5.32. The molecule has 5 aromatic rings. The van der Waals surface area contributed by atoms with E-state index in [0.717, 1.165) is 53.0 Å². The number of hydrogen-bond donors (Lipinski definition) is 0. The number of para-hydroxylation sites is 2. The van der Waals surface area contributed by atoms with Crippen molar-refractivity contribution in [2.24, 2.45) is 0 Å². The molecule has 0 aliphatic carbocycles. The van der Waals surface area contributed by atoms with Gasteiger partial charge in [0.25, 0.3) is 5.22 Å². The quantitative estimate of drug-likeness (QED) is 0.372. The zero-order valence-electron chi connectivity index (χ0n) is 16.7. The van der Waals surface area contributed by atoms with Gasteiger partial charge in [0.05, 0.1) is 11.1 Å². The summed E-state index contributed by atoms with van der Waals surface area (Å²) in [5, 5.41) is 6.34. The first-order chi connectivity index (χ1) is 14.2. The van der Waals surface area contributed by atoms with Crippen LogP contribution >= 0.6 is 11.8 Å². The Hall–Kier alpha value is -2.87. The van der Waals surface area contributed by atoms with Gasteiger partial charge >= 0.3 is 0 Å². The average molecular weight is 407 g/mol. The summed E-state index contributed by atoms with van der Waals surface area (Å²) in [6.07, 6.45) is 4.05. The summed E-state index contributed by atoms with van der Waals surface area (Å²) >= 11 is 1.50. The predicted octanol–water partition coefficient (Wildman–Crippen LogP) is 4.93. The van der Waals surface area contributed by atoms with Crippen molar-refractivity contribution in [3.05, 3.63) is 47.7 Å². The number of unbranched alkanes of at least 4 members (excludes halogenated alkanes) is 1. The molecule has 4 aromatic heterocycles. The van der Waals surface area contributed by atoms with Crippen LogP contribution in [-0.4, -0.2) is 29.1 Å². The van der Waals surface area contributed by atoms with Crippen LogP contribution in [0.5, 0.6) is 0 Å². The number of hydrogen-bond acceptors (Lipinski definition) is 6. The molecule has 0 amide bonds. The van der Waals surface area contributed by atoms with Gasteiger partial charge < -0.3 is 8.98 Å². The van der Waals surface area contributed by atoms with Crippen LogP contribution < -0.4 is 0 Å². The lowest BCUT2D eigenvalue weighted by Gasteiger charge is -2.06. The Kier molecular flexibility index (Phi) is 4.50. The fourth-order valence-corrected chi connectivity index (χ4v) is 4.35. The zero-order chi connectivity index (χ0) is 20.0. The van der Waals surface area contributed by atoms with Crippen molar-refractivity contribution in [1.29, 1.82) is 0 Å². The van der Waals surface area contributed by atoms with Crippen LogP contribution in [0.2, 0.25) is 0 Å². The number of aryl methyl sites for hydroxylation is 2. The van der Waals surface area contributed by atoms with Gasteiger partial charge in [-0.3, -0.25) is 0 Å². The van der Waals surface area contributed by atoms with Crippen LogP contribution in [0.15, 0.2) is 40.2 Å². The lowest BCUT2D eigenvalue weighted by Crippen LogP contribution is -2.01. The van der Waals surface area contributed by atoms with Crippen LogP contribution in [0.1, 0.15) is 36.8 Å². The molecule has 0 spiro atoms. The van der Waals surface area contributed by atoms with Crippen LogP contribution in [0, 0.1) is 13.8 Å². The van der Waals surface area contributed by atoms with Gasteiger partial charge in [-0.2, -0.15) is 0 Å². The number of thioether (sulfide) groups is 1. The van der Waals surface area contributed by atoms with Crippen molar-refractivity contribution in [3.8, 4) is 0 Å². The highest BCUT2D eigenvalue weighted by atomic mass is 32.2. The Bertz CT molecular complexity index is 1300. The van der Waals surface area contributed by atoms with Gasteiger partial charge in [-0.25, -0.2) is 19.5 Å². The lowest BCUT2D eigenvalue weighted by molar-refractivity contribution is 0.489. The van der Waals surface area contributed by atoms with E-state index in [0.29, 0.717) is 11.0 Å². The van der Waals surface area contributed by atoms with Crippen molar-refractivity contribution >= 4 is 39.5 Å². The maximum Gasteiger partial charge on any atom is 0.257 e. The molecule has 0 radical (unpaired) electrons. The van der Waals surface area contributed by atoms with Crippen molar-refractivity contribution in [1.82, 2.24) is 29.1 Å². The van der Waals surface area contributed by atoms with E-state index in [1.807, 2.05) is 24.3 Å². The third kappa shape index (κ3) is 3.07. The van der Waals surface area contributed by atoms with Crippen LogP contribution in [0.25, 0.3) is 27.8 Å². The average Bonchev–Trinajstić information content (AvgIpc) is 3.40. The summed E-state index contributed by atoms with van der Waals surface area (Å²) in [5.74, 6) is 1.33. The van der Waals surface area contributed by atoms with Crippen molar-refractivity contribution in [3.63, 3.8) is 0 Å². The molecule has 7 nitrogen and oxygen atoms in total. The van der Waals surface area contributed by atoms with Gasteiger partial charge in [-0.1, -0.05) is 37.2 Å². The first-order valence-corrected chi connectivity index (χ1v) is 10.8. The van der Waals surface area contributed by atoms with Gasteiger partial charge in [0.15, 0.2) is 17.1 Å². The Labute approximate surface area is 172 Å². The Morgan fingerprint density at radius 1 is 1.10 bits per heavy atom. The molecule has 0 atom stereocenters. The highest BCUT2D eigenvalue weighted by Gasteiger charge is 2.18. The molecule has 0 N–H and O–H groups in total. The molecular weight excluding hydrogens is 384 g/mol. The molecule has 0 saturated heterocycles. The van der Waals surface area contributed by atoms with Crippen LogP contribution in [0.4, 0.5) is 0 Å². The van der Waals surface area contributed by atoms with Gasteiger partial charge in [-0.15, -0.1) is 5.10 Å². The number of fused-ring (bicyclic) bond motifs is 4. The molecule has 148 valence electrons. The number of rotatable bonds is 6. The molecule has 0 aliphatic rings. The second-order valence-electron chi connectivity index (χ2n) is 7.19. The molecule has 29 heavy (non-hydrogen) atoms. The highest BCUT2D eigenvalue weighted by molar-refractivity contribution is 7.98. The molecule has 0 fully saturated rings. The first kappa shape index (κ1) is 18.2. The minimum atomic E-state index is 0.588. The Balaban J connectivity index is 1.48. The minimum Gasteiger partial charge on any atom is -0.431 e. The summed E-state index contributed by atoms with van der Waals surface area (Å²) in [6, 6.07) is 7.77. The van der Waals surface area contributed by atoms with E-state index in [1.165, 1.54) is 23.0 Å². The molecule has 8 heteroatoms. The van der Waals surface area contributed by atoms with Crippen molar-refractivity contribution < 1.29 is 4.42 Å². The largest absolute Gasteiger partial charge is 0.431 e. The van der Waals surface area contributed by atoms with Crippen molar-refractivity contribution in [2.45, 2.75) is 51.1 Å². The standard InChI is InChI=1S/C21H22N6OS/c1-4-5-10-26-14(3)13(2)18-19(26)22-12-27-20(18)24-17(25-27)11-29-21-23-15-8-6-7-9-16(15)28-21/h6-9,12H,4-5,10-11H2,1-3H3. The monoisotopic (exact) mass is 406 g/mol. The summed E-state index contributed by atoms with van der Waals surface area (Å²) in [6.45, 7) is 7.48. The molecule has 0 unspecified atom stereocenters. The van der Waals surface area contributed by atoms with Gasteiger partial charge in [0.2, 0.25) is 0 Å². The van der Waals surface area contributed by atoms with Crippen LogP contribution in [0.3, 0.4) is 0 Å². The van der Waals surface area contributed by atoms with Gasteiger partial charge in [-0.05, 0) is 38.0 Å². The Morgan fingerprint density at radius 3 is 2.79 bits per heavy atom. The maximum atomic E-state index is 5.78. The molecule has 5 rings (SSSR count). The van der Waals surface area contributed by atoms with E-state index >= 15 is 0 Å². The first-order valence-electron chi connectivity index (χ1n) is 9.83. The summed E-state index contributed by atoms with van der Waals surface area (Å²) in [5.41, 5.74) is 5.98. The van der Waals surface area contributed by atoms with Gasteiger partial charge in [0.1, 0.15) is 17.5 Å². The molecule has 0 aliphatic heterocycles. The molecule has 1 aromatic carbocycles. The number of aromatic nitrogens is 6. The van der Waals surface area contributed by atoms with Crippen molar-refractivity contribution in [2.75, 3.05) is 0 Å². The topological polar surface area (TPSA) is 74.0 Å². The van der Waals surface area contributed by atoms with E-state index in [9.17, 15) is 0 Å². The third-order valence-corrected chi connectivity index (χ3v) is 6.15. The fourth-order valence-electron chi connectivity index (χ4n) is 3.66. The number of nitrogens with zero attached hydrogens (tertiary/aromatic N) is 6. The second kappa shape index (κ2) is 7.18. The predicted molar refractivity (Wildman–Crippen MR) is 114 cm³/mol. The minimum absolute atomic E-state index is 0.588. The van der Waals surface area contributed by atoms with E-state index < -0.39 is 0 Å². The molecule has 0 bridgehead atoms. The zero-order valence-corrected chi connectivity index (χ0v) is 17.5. The van der Waals surface area contributed by atoms with Gasteiger partial charge in [0, 0.05) is 12.2 Å². The molecule has 0 saturated carbocycles. The second-order valence-corrected chi connectivity index (χ2v) is 8.12. The molecule has 4 heterocycles. The summed E-state index contributed by atoms with van der Waals surface area (Å²) in [4.78, 5) is 14.0.